The molecule has 0 aromatic carbocycles. The predicted molar refractivity (Wildman–Crippen MR) is 38.8 cm³/mol. The van der Waals surface area contributed by atoms with Gasteiger partial charge in [0.05, 0.1) is 6.20 Å². The van der Waals surface area contributed by atoms with Gasteiger partial charge in [0.25, 0.3) is 0 Å². The van der Waals surface area contributed by atoms with Crippen LogP contribution in [-0.4, -0.2) is 10.2 Å². The van der Waals surface area contributed by atoms with Crippen LogP contribution in [0.4, 0.5) is 0 Å². The van der Waals surface area contributed by atoms with Crippen LogP contribution >= 0.6 is 24.0 Å². The van der Waals surface area contributed by atoms with Gasteiger partial charge in [0.1, 0.15) is 0 Å². The zero-order chi connectivity index (χ0) is 5.82. The van der Waals surface area contributed by atoms with Gasteiger partial charge >= 0.3 is 0 Å². The van der Waals surface area contributed by atoms with Crippen molar-refractivity contribution in [2.45, 2.75) is 5.88 Å². The summed E-state index contributed by atoms with van der Waals surface area (Å²) in [6.45, 7) is 0. The lowest BCUT2D eigenvalue weighted by Gasteiger charge is -1.86. The van der Waals surface area contributed by atoms with E-state index in [-0.39, 0.29) is 12.4 Å². The number of hydrogen-bond donors (Lipinski definition) is 0. The first kappa shape index (κ1) is 8.66. The topological polar surface area (TPSA) is 25.8 Å². The van der Waals surface area contributed by atoms with Crippen molar-refractivity contribution in [3.8, 4) is 0 Å². The first-order chi connectivity index (χ1) is 3.93. The lowest BCUT2D eigenvalue weighted by molar-refractivity contribution is 1.01. The Bertz CT molecular complexity index is 154. The summed E-state index contributed by atoms with van der Waals surface area (Å²) in [6, 6.07) is 1.83. The summed E-state index contributed by atoms with van der Waals surface area (Å²) in [6.07, 6.45) is 3.27. The molecule has 0 aliphatic rings. The Kier molecular flexibility index (Phi) is 4.36. The molecule has 1 aromatic rings. The van der Waals surface area contributed by atoms with E-state index in [2.05, 4.69) is 10.2 Å². The lowest BCUT2D eigenvalue weighted by atomic mass is 10.4. The van der Waals surface area contributed by atoms with Gasteiger partial charge in [-0.1, -0.05) is 0 Å². The van der Waals surface area contributed by atoms with E-state index < -0.39 is 0 Å². The van der Waals surface area contributed by atoms with Crippen molar-refractivity contribution in [1.29, 1.82) is 0 Å². The van der Waals surface area contributed by atoms with Crippen molar-refractivity contribution in [1.82, 2.24) is 10.2 Å². The standard InChI is InChI=1S/C5H5ClN2.ClH/c6-3-5-1-2-7-8-4-5;/h1-2,4H,3H2;1H. The molecule has 0 radical (unpaired) electrons. The quantitative estimate of drug-likeness (QED) is 0.591. The molecule has 0 aliphatic heterocycles. The van der Waals surface area contributed by atoms with E-state index in [1.807, 2.05) is 6.07 Å². The van der Waals surface area contributed by atoms with Gasteiger partial charge < -0.3 is 0 Å². The van der Waals surface area contributed by atoms with Gasteiger partial charge in [-0.2, -0.15) is 10.2 Å². The van der Waals surface area contributed by atoms with Crippen LogP contribution in [0.1, 0.15) is 5.56 Å². The molecule has 9 heavy (non-hydrogen) atoms. The highest BCUT2D eigenvalue weighted by Gasteiger charge is 1.83. The monoisotopic (exact) mass is 164 g/mol. The van der Waals surface area contributed by atoms with Crippen LogP contribution in [0.15, 0.2) is 18.5 Å². The van der Waals surface area contributed by atoms with E-state index >= 15 is 0 Å². The third-order valence-corrected chi connectivity index (χ3v) is 1.11. The lowest BCUT2D eigenvalue weighted by Crippen LogP contribution is -1.80. The average Bonchev–Trinajstić information content (AvgIpc) is 1.90. The molecular formula is C5H6Cl2N2. The molecule has 0 atom stereocenters. The molecule has 0 saturated heterocycles. The summed E-state index contributed by atoms with van der Waals surface area (Å²) in [4.78, 5) is 0. The minimum Gasteiger partial charge on any atom is -0.159 e. The Balaban J connectivity index is 0.000000640. The normalized spacial score (nSPS) is 8.11. The van der Waals surface area contributed by atoms with Crippen LogP contribution in [-0.2, 0) is 5.88 Å². The molecule has 0 aliphatic carbocycles. The van der Waals surface area contributed by atoms with Crippen molar-refractivity contribution < 1.29 is 0 Å². The third-order valence-electron chi connectivity index (χ3n) is 0.800. The largest absolute Gasteiger partial charge is 0.159 e. The number of aromatic nitrogens is 2. The van der Waals surface area contributed by atoms with Crippen molar-refractivity contribution in [3.63, 3.8) is 0 Å². The molecule has 1 heterocycles. The third kappa shape index (κ3) is 2.63. The summed E-state index contributed by atoms with van der Waals surface area (Å²) in [5, 5.41) is 7.21. The molecule has 0 spiro atoms. The van der Waals surface area contributed by atoms with Gasteiger partial charge in [0.2, 0.25) is 0 Å². The average molecular weight is 165 g/mol. The minimum absolute atomic E-state index is 0. The highest BCUT2D eigenvalue weighted by atomic mass is 35.5. The number of rotatable bonds is 1. The molecular weight excluding hydrogens is 159 g/mol. The van der Waals surface area contributed by atoms with Crippen molar-refractivity contribution in [3.05, 3.63) is 24.0 Å². The molecule has 2 nitrogen and oxygen atoms in total. The SMILES string of the molecule is Cl.ClCc1ccnnc1. The Labute approximate surface area is 64.7 Å². The molecule has 0 unspecified atom stereocenters. The van der Waals surface area contributed by atoms with Crippen LogP contribution in [0.3, 0.4) is 0 Å². The van der Waals surface area contributed by atoms with Gasteiger partial charge in [-0.15, -0.1) is 24.0 Å². The van der Waals surface area contributed by atoms with E-state index in [0.29, 0.717) is 5.88 Å². The summed E-state index contributed by atoms with van der Waals surface area (Å²) < 4.78 is 0. The maximum Gasteiger partial charge on any atom is 0.0540 e. The molecule has 4 heteroatoms. The number of hydrogen-bond acceptors (Lipinski definition) is 2. The van der Waals surface area contributed by atoms with Crippen molar-refractivity contribution in [2.75, 3.05) is 0 Å². The van der Waals surface area contributed by atoms with Crippen molar-refractivity contribution in [2.24, 2.45) is 0 Å². The van der Waals surface area contributed by atoms with Crippen LogP contribution in [0.25, 0.3) is 0 Å². The fourth-order valence-electron chi connectivity index (χ4n) is 0.397. The fraction of sp³-hybridized carbons (Fsp3) is 0.200. The number of alkyl halides is 1. The summed E-state index contributed by atoms with van der Waals surface area (Å²) in [7, 11) is 0. The highest BCUT2D eigenvalue weighted by Crippen LogP contribution is 1.96. The minimum atomic E-state index is 0. The maximum absolute atomic E-state index is 5.46. The van der Waals surface area contributed by atoms with Crippen LogP contribution < -0.4 is 0 Å². The zero-order valence-electron chi connectivity index (χ0n) is 4.62. The van der Waals surface area contributed by atoms with Crippen molar-refractivity contribution >= 4 is 24.0 Å². The molecule has 1 rings (SSSR count). The number of halogens is 2. The zero-order valence-corrected chi connectivity index (χ0v) is 6.19. The predicted octanol–water partition coefficient (Wildman–Crippen LogP) is 1.64. The van der Waals surface area contributed by atoms with E-state index in [1.165, 1.54) is 0 Å². The van der Waals surface area contributed by atoms with E-state index in [1.54, 1.807) is 12.4 Å². The Hall–Kier alpha value is -0.340. The second-order valence-corrected chi connectivity index (χ2v) is 1.65. The van der Waals surface area contributed by atoms with Gasteiger partial charge in [-0.05, 0) is 11.6 Å². The van der Waals surface area contributed by atoms with E-state index in [0.717, 1.165) is 5.56 Å². The fourth-order valence-corrected chi connectivity index (χ4v) is 0.555. The first-order valence-corrected chi connectivity index (χ1v) is 2.78. The molecule has 0 N–H and O–H groups in total. The summed E-state index contributed by atoms with van der Waals surface area (Å²) in [5.41, 5.74) is 1.00. The molecule has 0 bridgehead atoms. The summed E-state index contributed by atoms with van der Waals surface area (Å²) >= 11 is 5.46. The summed E-state index contributed by atoms with van der Waals surface area (Å²) in [5.74, 6) is 0.509. The van der Waals surface area contributed by atoms with Crippen LogP contribution in [0, 0.1) is 0 Å². The van der Waals surface area contributed by atoms with Gasteiger partial charge in [-0.3, -0.25) is 0 Å². The maximum atomic E-state index is 5.46. The Morgan fingerprint density at radius 3 is 2.56 bits per heavy atom. The molecule has 50 valence electrons. The molecule has 0 fully saturated rings. The van der Waals surface area contributed by atoms with Gasteiger partial charge in [-0.25, -0.2) is 0 Å². The van der Waals surface area contributed by atoms with E-state index in [9.17, 15) is 0 Å². The van der Waals surface area contributed by atoms with E-state index in [4.69, 9.17) is 11.6 Å². The van der Waals surface area contributed by atoms with Crippen LogP contribution in [0.5, 0.6) is 0 Å². The molecule has 0 amide bonds. The smallest absolute Gasteiger partial charge is 0.0540 e. The highest BCUT2D eigenvalue weighted by molar-refractivity contribution is 6.17. The van der Waals surface area contributed by atoms with Gasteiger partial charge in [0, 0.05) is 12.1 Å². The number of nitrogens with zero attached hydrogens (tertiary/aromatic N) is 2. The Morgan fingerprint density at radius 2 is 2.22 bits per heavy atom. The second-order valence-electron chi connectivity index (χ2n) is 1.38. The first-order valence-electron chi connectivity index (χ1n) is 2.25. The van der Waals surface area contributed by atoms with Crippen LogP contribution in [0.2, 0.25) is 0 Å². The molecule has 0 saturated carbocycles. The second kappa shape index (κ2) is 4.53. The molecule has 1 aromatic heterocycles. The Morgan fingerprint density at radius 1 is 1.44 bits per heavy atom. The van der Waals surface area contributed by atoms with Gasteiger partial charge in [0.15, 0.2) is 0 Å².